The van der Waals surface area contributed by atoms with Gasteiger partial charge in [-0.25, -0.2) is 21.6 Å². The Hall–Kier alpha value is -4.15. The van der Waals surface area contributed by atoms with Crippen LogP contribution >= 0.6 is 0 Å². The van der Waals surface area contributed by atoms with E-state index in [0.717, 1.165) is 0 Å². The van der Waals surface area contributed by atoms with Gasteiger partial charge in [-0.2, -0.15) is 0 Å². The Labute approximate surface area is 203 Å². The molecule has 4 aromatic carbocycles. The van der Waals surface area contributed by atoms with E-state index in [1.54, 1.807) is 42.5 Å². The van der Waals surface area contributed by atoms with Gasteiger partial charge in [0.15, 0.2) is 0 Å². The smallest absolute Gasteiger partial charge is 0.308 e. The second kappa shape index (κ2) is 10.00. The maximum atomic E-state index is 13.1. The Morgan fingerprint density at radius 3 is 1.66 bits per heavy atom. The Bertz CT molecular complexity index is 1540. The van der Waals surface area contributed by atoms with Crippen molar-refractivity contribution in [2.45, 2.75) is 14.7 Å². The third-order valence-corrected chi connectivity index (χ3v) is 8.07. The fourth-order valence-corrected chi connectivity index (χ4v) is 5.59. The molecule has 0 unspecified atom stereocenters. The molecule has 2 amide bonds. The minimum Gasteiger partial charge on any atom is -0.308 e. The molecule has 0 aliphatic rings. The number of benzene rings is 4. The summed E-state index contributed by atoms with van der Waals surface area (Å²) in [6, 6.07) is 27.4. The molecule has 8 nitrogen and oxygen atoms in total. The van der Waals surface area contributed by atoms with E-state index in [2.05, 4.69) is 15.4 Å². The van der Waals surface area contributed by atoms with Gasteiger partial charge in [-0.3, -0.25) is 4.72 Å². The predicted molar refractivity (Wildman–Crippen MR) is 135 cm³/mol. The van der Waals surface area contributed by atoms with Crippen LogP contribution in [0.1, 0.15) is 0 Å². The van der Waals surface area contributed by atoms with Crippen molar-refractivity contribution in [2.75, 3.05) is 15.4 Å². The van der Waals surface area contributed by atoms with E-state index < -0.39 is 25.9 Å². The van der Waals surface area contributed by atoms with E-state index in [1.165, 1.54) is 60.7 Å². The molecular weight excluding hydrogens is 486 g/mol. The lowest BCUT2D eigenvalue weighted by molar-refractivity contribution is 0.262. The maximum absolute atomic E-state index is 13.1. The molecule has 0 aromatic heterocycles. The number of para-hydroxylation sites is 1. The SMILES string of the molecule is O=C(Nc1ccccc1)Nc1ccc(S(=O)(=O)c2cccc(NS(=O)(=O)c3ccccc3)c2)cc1. The third kappa shape index (κ3) is 5.86. The number of carbonyl (C=O) groups excluding carboxylic acids is 1. The van der Waals surface area contributed by atoms with Crippen LogP contribution < -0.4 is 15.4 Å². The average molecular weight is 508 g/mol. The number of anilines is 3. The minimum absolute atomic E-state index is 0.00501. The van der Waals surface area contributed by atoms with Crippen molar-refractivity contribution in [3.63, 3.8) is 0 Å². The predicted octanol–water partition coefficient (Wildman–Crippen LogP) is 4.96. The minimum atomic E-state index is -3.94. The molecule has 0 bridgehead atoms. The molecule has 4 rings (SSSR count). The van der Waals surface area contributed by atoms with E-state index >= 15 is 0 Å². The maximum Gasteiger partial charge on any atom is 0.323 e. The van der Waals surface area contributed by atoms with Gasteiger partial charge < -0.3 is 10.6 Å². The zero-order valence-corrected chi connectivity index (χ0v) is 19.9. The molecule has 0 atom stereocenters. The number of sulfonamides is 1. The molecule has 0 saturated carbocycles. The molecule has 35 heavy (non-hydrogen) atoms. The Balaban J connectivity index is 1.49. The highest BCUT2D eigenvalue weighted by Gasteiger charge is 2.20. The summed E-state index contributed by atoms with van der Waals surface area (Å²) in [4.78, 5) is 12.1. The number of rotatable bonds is 7. The van der Waals surface area contributed by atoms with Crippen molar-refractivity contribution in [3.05, 3.63) is 109 Å². The van der Waals surface area contributed by atoms with Crippen molar-refractivity contribution in [1.29, 1.82) is 0 Å². The molecule has 4 aromatic rings. The van der Waals surface area contributed by atoms with Gasteiger partial charge in [0, 0.05) is 11.4 Å². The normalized spacial score (nSPS) is 11.4. The summed E-state index contributed by atoms with van der Waals surface area (Å²) in [5.41, 5.74) is 1.14. The van der Waals surface area contributed by atoms with Gasteiger partial charge in [0.25, 0.3) is 10.0 Å². The molecule has 0 saturated heterocycles. The molecule has 0 aliphatic carbocycles. The fourth-order valence-electron chi connectivity index (χ4n) is 3.21. The van der Waals surface area contributed by atoms with Gasteiger partial charge in [0.1, 0.15) is 0 Å². The average Bonchev–Trinajstić information content (AvgIpc) is 2.85. The first-order chi connectivity index (χ1) is 16.7. The molecule has 0 fully saturated rings. The number of sulfone groups is 1. The molecule has 10 heteroatoms. The van der Waals surface area contributed by atoms with Crippen molar-refractivity contribution >= 4 is 43.0 Å². The number of hydrogen-bond donors (Lipinski definition) is 3. The Morgan fingerprint density at radius 2 is 1.03 bits per heavy atom. The van der Waals surface area contributed by atoms with E-state index in [4.69, 9.17) is 0 Å². The monoisotopic (exact) mass is 507 g/mol. The summed E-state index contributed by atoms with van der Waals surface area (Å²) in [5, 5.41) is 5.31. The van der Waals surface area contributed by atoms with Gasteiger partial charge in [-0.05, 0) is 66.7 Å². The standard InChI is InChI=1S/C25H21N3O5S2/c29-25(26-19-8-3-1-4-9-19)27-20-14-16-22(17-15-20)34(30,31)24-13-7-10-21(18-24)28-35(32,33)23-11-5-2-6-12-23/h1-18,28H,(H2,26,27,29). The molecule has 0 spiro atoms. The Morgan fingerprint density at radius 1 is 0.514 bits per heavy atom. The van der Waals surface area contributed by atoms with Crippen LogP contribution in [0.2, 0.25) is 0 Å². The third-order valence-electron chi connectivity index (χ3n) is 4.90. The number of hydrogen-bond acceptors (Lipinski definition) is 5. The van der Waals surface area contributed by atoms with E-state index in [1.807, 2.05) is 6.07 Å². The van der Waals surface area contributed by atoms with E-state index in [9.17, 15) is 21.6 Å². The highest BCUT2D eigenvalue weighted by atomic mass is 32.2. The first-order valence-electron chi connectivity index (χ1n) is 10.4. The number of amides is 2. The lowest BCUT2D eigenvalue weighted by Crippen LogP contribution is -2.19. The first-order valence-corrected chi connectivity index (χ1v) is 13.4. The lowest BCUT2D eigenvalue weighted by Gasteiger charge is -2.11. The number of urea groups is 1. The van der Waals surface area contributed by atoms with Crippen LogP contribution in [-0.4, -0.2) is 22.9 Å². The van der Waals surface area contributed by atoms with Gasteiger partial charge >= 0.3 is 6.03 Å². The number of carbonyl (C=O) groups is 1. The van der Waals surface area contributed by atoms with Crippen LogP contribution in [-0.2, 0) is 19.9 Å². The highest BCUT2D eigenvalue weighted by Crippen LogP contribution is 2.26. The number of nitrogens with one attached hydrogen (secondary N) is 3. The summed E-state index contributed by atoms with van der Waals surface area (Å²) in [6.45, 7) is 0. The second-order valence-electron chi connectivity index (χ2n) is 7.42. The van der Waals surface area contributed by atoms with Gasteiger partial charge in [0.05, 0.1) is 20.4 Å². The topological polar surface area (TPSA) is 121 Å². The Kier molecular flexibility index (Phi) is 6.85. The lowest BCUT2D eigenvalue weighted by atomic mass is 10.3. The molecule has 3 N–H and O–H groups in total. The largest absolute Gasteiger partial charge is 0.323 e. The summed E-state index contributed by atoms with van der Waals surface area (Å²) in [6.07, 6.45) is 0. The van der Waals surface area contributed by atoms with Crippen LogP contribution in [0, 0.1) is 0 Å². The first kappa shape index (κ1) is 24.0. The summed E-state index contributed by atoms with van der Waals surface area (Å²) >= 11 is 0. The van der Waals surface area contributed by atoms with E-state index in [-0.39, 0.29) is 20.4 Å². The van der Waals surface area contributed by atoms with Crippen LogP contribution in [0.4, 0.5) is 21.9 Å². The van der Waals surface area contributed by atoms with Crippen LogP contribution in [0.15, 0.2) is 124 Å². The molecular formula is C25H21N3O5S2. The summed E-state index contributed by atoms with van der Waals surface area (Å²) in [7, 11) is -7.81. The van der Waals surface area contributed by atoms with Crippen LogP contribution in [0.25, 0.3) is 0 Å². The highest BCUT2D eigenvalue weighted by molar-refractivity contribution is 7.92. The van der Waals surface area contributed by atoms with Gasteiger partial charge in [-0.1, -0.05) is 42.5 Å². The van der Waals surface area contributed by atoms with Crippen molar-refractivity contribution in [3.8, 4) is 0 Å². The zero-order chi connectivity index (χ0) is 24.9. The summed E-state index contributed by atoms with van der Waals surface area (Å²) < 4.78 is 53.8. The molecule has 0 heterocycles. The van der Waals surface area contributed by atoms with Crippen molar-refractivity contribution in [2.24, 2.45) is 0 Å². The summed E-state index contributed by atoms with van der Waals surface area (Å²) in [5.74, 6) is 0. The zero-order valence-electron chi connectivity index (χ0n) is 18.3. The molecule has 0 aliphatic heterocycles. The van der Waals surface area contributed by atoms with Gasteiger partial charge in [-0.15, -0.1) is 0 Å². The quantitative estimate of drug-likeness (QED) is 0.326. The molecule has 0 radical (unpaired) electrons. The van der Waals surface area contributed by atoms with Crippen molar-refractivity contribution in [1.82, 2.24) is 0 Å². The second-order valence-corrected chi connectivity index (χ2v) is 11.1. The van der Waals surface area contributed by atoms with Crippen molar-refractivity contribution < 1.29 is 21.6 Å². The van der Waals surface area contributed by atoms with Crippen LogP contribution in [0.3, 0.4) is 0 Å². The van der Waals surface area contributed by atoms with E-state index in [0.29, 0.717) is 11.4 Å². The molecule has 178 valence electrons. The van der Waals surface area contributed by atoms with Crippen LogP contribution in [0.5, 0.6) is 0 Å². The van der Waals surface area contributed by atoms with Gasteiger partial charge in [0.2, 0.25) is 9.84 Å². The fraction of sp³-hybridized carbons (Fsp3) is 0.